The van der Waals surface area contributed by atoms with E-state index < -0.39 is 17.3 Å². The number of hydrogen-bond acceptors (Lipinski definition) is 5. The summed E-state index contributed by atoms with van der Waals surface area (Å²) in [7, 11) is 0. The molecule has 3 N–H and O–H groups in total. The van der Waals surface area contributed by atoms with Crippen LogP contribution in [0.4, 0.5) is 0 Å². The molecule has 42 heavy (non-hydrogen) atoms. The molecule has 0 aliphatic heterocycles. The molecule has 4 aliphatic rings. The Labute approximate surface area is 258 Å². The van der Waals surface area contributed by atoms with E-state index in [1.165, 1.54) is 12.8 Å². The van der Waals surface area contributed by atoms with Crippen molar-refractivity contribution in [2.24, 2.45) is 45.3 Å². The highest BCUT2D eigenvalue weighted by Crippen LogP contribution is 2.76. The van der Waals surface area contributed by atoms with Crippen LogP contribution in [0.25, 0.3) is 0 Å². The highest BCUT2D eigenvalue weighted by Gasteiger charge is 2.71. The molecule has 244 valence electrons. The highest BCUT2D eigenvalue weighted by molar-refractivity contribution is 5.69. The molecular formula is C37H66O5. The van der Waals surface area contributed by atoms with Gasteiger partial charge in [-0.15, -0.1) is 0 Å². The SMILES string of the molecule is CCCCCCC(=O)O[C@H]1CC[C@]2(C)[C@H]3C[C@@H](O)[C@@H]4[C@@H]([C@](C)(O)CCCC(C)(C)O)CC[C@@]4(C)[C@]3(C)CC[C@H]2C1(C)C. The fourth-order valence-corrected chi connectivity index (χ4v) is 11.6. The normalized spacial score (nSPS) is 42.7. The first kappa shape index (κ1) is 34.2. The van der Waals surface area contributed by atoms with Crippen LogP contribution < -0.4 is 0 Å². The van der Waals surface area contributed by atoms with Gasteiger partial charge in [0.1, 0.15) is 6.10 Å². The molecule has 0 aromatic carbocycles. The van der Waals surface area contributed by atoms with E-state index in [4.69, 9.17) is 4.74 Å². The molecule has 4 saturated carbocycles. The minimum atomic E-state index is -0.848. The molecule has 0 aromatic heterocycles. The Kier molecular flexibility index (Phi) is 9.73. The van der Waals surface area contributed by atoms with Gasteiger partial charge in [0.05, 0.1) is 17.3 Å². The van der Waals surface area contributed by atoms with Gasteiger partial charge in [-0.05, 0) is 131 Å². The average molecular weight is 591 g/mol. The molecule has 0 bridgehead atoms. The Morgan fingerprint density at radius 3 is 2.14 bits per heavy atom. The number of aliphatic hydroxyl groups is 3. The zero-order valence-corrected chi connectivity index (χ0v) is 28.7. The Bertz CT molecular complexity index is 950. The number of carbonyl (C=O) groups excluding carboxylic acids is 1. The third-order valence-electron chi connectivity index (χ3n) is 14.1. The molecule has 5 heteroatoms. The summed E-state index contributed by atoms with van der Waals surface area (Å²) in [4.78, 5) is 12.8. The minimum absolute atomic E-state index is 0.0246. The fraction of sp³-hybridized carbons (Fsp3) is 0.973. The van der Waals surface area contributed by atoms with E-state index in [1.54, 1.807) is 0 Å². The zero-order chi connectivity index (χ0) is 31.4. The predicted molar refractivity (Wildman–Crippen MR) is 170 cm³/mol. The van der Waals surface area contributed by atoms with Crippen LogP contribution in [0.15, 0.2) is 0 Å². The van der Waals surface area contributed by atoms with Crippen molar-refractivity contribution in [3.8, 4) is 0 Å². The predicted octanol–water partition coefficient (Wildman–Crippen LogP) is 8.22. The van der Waals surface area contributed by atoms with Gasteiger partial charge in [-0.3, -0.25) is 4.79 Å². The van der Waals surface area contributed by atoms with E-state index >= 15 is 0 Å². The van der Waals surface area contributed by atoms with Crippen LogP contribution in [0, 0.1) is 45.3 Å². The van der Waals surface area contributed by atoms with Gasteiger partial charge >= 0.3 is 5.97 Å². The van der Waals surface area contributed by atoms with Crippen molar-refractivity contribution < 1.29 is 24.9 Å². The fourth-order valence-electron chi connectivity index (χ4n) is 11.6. The molecular weight excluding hydrogens is 524 g/mol. The smallest absolute Gasteiger partial charge is 0.306 e. The van der Waals surface area contributed by atoms with Crippen molar-refractivity contribution in [1.29, 1.82) is 0 Å². The first-order chi connectivity index (χ1) is 19.3. The van der Waals surface area contributed by atoms with Crippen molar-refractivity contribution in [2.45, 2.75) is 182 Å². The van der Waals surface area contributed by atoms with Crippen LogP contribution >= 0.6 is 0 Å². The molecule has 0 amide bonds. The van der Waals surface area contributed by atoms with Crippen molar-refractivity contribution in [3.05, 3.63) is 0 Å². The molecule has 0 aromatic rings. The van der Waals surface area contributed by atoms with E-state index in [0.717, 1.165) is 64.2 Å². The van der Waals surface area contributed by atoms with Crippen LogP contribution in [0.3, 0.4) is 0 Å². The highest BCUT2D eigenvalue weighted by atomic mass is 16.5. The molecule has 10 atom stereocenters. The third-order valence-corrected chi connectivity index (χ3v) is 14.1. The van der Waals surface area contributed by atoms with Crippen molar-refractivity contribution >= 4 is 5.97 Å². The first-order valence-corrected chi connectivity index (χ1v) is 17.7. The van der Waals surface area contributed by atoms with E-state index in [1.807, 2.05) is 20.8 Å². The maximum absolute atomic E-state index is 12.8. The van der Waals surface area contributed by atoms with Gasteiger partial charge in [0.15, 0.2) is 0 Å². The largest absolute Gasteiger partial charge is 0.462 e. The lowest BCUT2D eigenvalue weighted by Crippen LogP contribution is -2.66. The van der Waals surface area contributed by atoms with Crippen LogP contribution in [0.2, 0.25) is 0 Å². The second-order valence-corrected chi connectivity index (χ2v) is 17.6. The molecule has 0 unspecified atom stereocenters. The Morgan fingerprint density at radius 2 is 1.50 bits per heavy atom. The summed E-state index contributed by atoms with van der Waals surface area (Å²) in [6.07, 6.45) is 13.6. The van der Waals surface area contributed by atoms with E-state index in [2.05, 4.69) is 41.5 Å². The van der Waals surface area contributed by atoms with Gasteiger partial charge in [-0.1, -0.05) is 60.8 Å². The summed E-state index contributed by atoms with van der Waals surface area (Å²) in [6.45, 7) is 20.0. The Morgan fingerprint density at radius 1 is 0.833 bits per heavy atom. The van der Waals surface area contributed by atoms with Crippen molar-refractivity contribution in [2.75, 3.05) is 0 Å². The molecule has 0 saturated heterocycles. The summed E-state index contributed by atoms with van der Waals surface area (Å²) in [5.74, 6) is 0.997. The van der Waals surface area contributed by atoms with Crippen molar-refractivity contribution in [1.82, 2.24) is 0 Å². The molecule has 5 nitrogen and oxygen atoms in total. The van der Waals surface area contributed by atoms with Crippen molar-refractivity contribution in [3.63, 3.8) is 0 Å². The third kappa shape index (κ3) is 5.98. The van der Waals surface area contributed by atoms with Crippen LogP contribution in [-0.2, 0) is 9.53 Å². The molecule has 0 radical (unpaired) electrons. The number of carbonyl (C=O) groups is 1. The van der Waals surface area contributed by atoms with Gasteiger partial charge < -0.3 is 20.1 Å². The Balaban J connectivity index is 1.52. The number of hydrogen-bond donors (Lipinski definition) is 3. The summed E-state index contributed by atoms with van der Waals surface area (Å²) >= 11 is 0. The maximum atomic E-state index is 12.8. The first-order valence-electron chi connectivity index (χ1n) is 17.7. The average Bonchev–Trinajstić information content (AvgIpc) is 3.25. The second-order valence-electron chi connectivity index (χ2n) is 17.6. The number of ether oxygens (including phenoxy) is 1. The lowest BCUT2D eigenvalue weighted by Gasteiger charge is -2.70. The van der Waals surface area contributed by atoms with Crippen LogP contribution in [0.1, 0.15) is 159 Å². The summed E-state index contributed by atoms with van der Waals surface area (Å²) in [5.41, 5.74) is -1.51. The van der Waals surface area contributed by atoms with E-state index in [0.29, 0.717) is 31.1 Å². The standard InChI is InChI=1S/C37H66O5/c1-10-11-12-13-15-30(39)42-29-18-21-34(6)27(33(29,4)5)17-23-35(7)28(34)24-26(38)31-25(16-22-36(31,35)8)37(9,41)20-14-19-32(2,3)40/h25-29,31,38,40-41H,10-24H2,1-9H3/t25-,26+,27-,28+,29-,31-,34-,35+,36+,37+/m0/s1. The van der Waals surface area contributed by atoms with Crippen LogP contribution in [-0.4, -0.2) is 44.7 Å². The van der Waals surface area contributed by atoms with Gasteiger partial charge in [0.25, 0.3) is 0 Å². The van der Waals surface area contributed by atoms with E-state index in [-0.39, 0.29) is 45.6 Å². The monoisotopic (exact) mass is 590 g/mol. The van der Waals surface area contributed by atoms with Gasteiger partial charge in [0, 0.05) is 11.8 Å². The summed E-state index contributed by atoms with van der Waals surface area (Å²) < 4.78 is 6.23. The van der Waals surface area contributed by atoms with Gasteiger partial charge in [0.2, 0.25) is 0 Å². The minimum Gasteiger partial charge on any atom is -0.462 e. The molecule has 4 aliphatic carbocycles. The molecule has 4 rings (SSSR count). The van der Waals surface area contributed by atoms with Crippen LogP contribution in [0.5, 0.6) is 0 Å². The quantitative estimate of drug-likeness (QED) is 0.167. The summed E-state index contributed by atoms with van der Waals surface area (Å²) in [5, 5.41) is 34.0. The zero-order valence-electron chi connectivity index (χ0n) is 28.7. The van der Waals surface area contributed by atoms with E-state index in [9.17, 15) is 20.1 Å². The molecule has 4 fully saturated rings. The number of unbranched alkanes of at least 4 members (excludes halogenated alkanes) is 3. The maximum Gasteiger partial charge on any atom is 0.306 e. The lowest BCUT2D eigenvalue weighted by molar-refractivity contribution is -0.249. The number of aliphatic hydroxyl groups excluding tert-OH is 1. The lowest BCUT2D eigenvalue weighted by atomic mass is 9.35. The molecule has 0 heterocycles. The number of fused-ring (bicyclic) bond motifs is 5. The topological polar surface area (TPSA) is 87.0 Å². The summed E-state index contributed by atoms with van der Waals surface area (Å²) in [6, 6.07) is 0. The van der Waals surface area contributed by atoms with Gasteiger partial charge in [-0.25, -0.2) is 0 Å². The number of rotatable bonds is 11. The molecule has 0 spiro atoms. The second kappa shape index (κ2) is 11.9. The Hall–Kier alpha value is -0.650. The number of esters is 1. The van der Waals surface area contributed by atoms with Gasteiger partial charge in [-0.2, -0.15) is 0 Å².